The summed E-state index contributed by atoms with van der Waals surface area (Å²) >= 11 is 0. The third kappa shape index (κ3) is 23.6. The average Bonchev–Trinajstić information content (AvgIpc) is 3.25. The molecule has 20 heteroatoms. The van der Waals surface area contributed by atoms with E-state index in [1.54, 1.807) is 12.1 Å². The van der Waals surface area contributed by atoms with Crippen molar-refractivity contribution >= 4 is 40.5 Å². The number of ether oxygens (including phenoxy) is 2. The Morgan fingerprint density at radius 2 is 0.647 bits per heavy atom. The minimum Gasteiger partial charge on any atom is -0.744 e. The summed E-state index contributed by atoms with van der Waals surface area (Å²) in [6.45, 7) is 4.40. The maximum absolute atomic E-state index is 11.8. The molecule has 0 fully saturated rings. The largest absolute Gasteiger partial charge is 1.00 e. The maximum Gasteiger partial charge on any atom is 1.00 e. The molecule has 68 heavy (non-hydrogen) atoms. The fourth-order valence-electron chi connectivity index (χ4n) is 7.46. The van der Waals surface area contributed by atoms with Gasteiger partial charge in [-0.1, -0.05) is 178 Å². The second kappa shape index (κ2) is 33.0. The second-order valence-corrected chi connectivity index (χ2v) is 21.8. The molecule has 4 rings (SSSR count). The molecule has 0 aromatic heterocycles. The molecule has 4 aromatic carbocycles. The molecule has 0 saturated heterocycles. The van der Waals surface area contributed by atoms with Crippen LogP contribution in [0.5, 0.6) is 23.0 Å². The summed E-state index contributed by atoms with van der Waals surface area (Å²) in [5.74, 6) is -0.889. The Labute approximate surface area is 450 Å². The predicted octanol–water partition coefficient (Wildman–Crippen LogP) is 6.19. The molecule has 0 radical (unpaired) electrons. The van der Waals surface area contributed by atoms with Gasteiger partial charge in [-0.3, -0.25) is 9.11 Å². The molecule has 0 saturated carbocycles. The first-order valence-electron chi connectivity index (χ1n) is 22.9. The summed E-state index contributed by atoms with van der Waals surface area (Å²) in [5.41, 5.74) is 0.994. The zero-order valence-electron chi connectivity index (χ0n) is 40.1. The van der Waals surface area contributed by atoms with Crippen LogP contribution in [0, 0.1) is 0 Å². The van der Waals surface area contributed by atoms with Crippen molar-refractivity contribution in [1.29, 1.82) is 0 Å². The van der Waals surface area contributed by atoms with Crippen molar-refractivity contribution in [2.45, 2.75) is 175 Å². The number of para-hydroxylation sites is 4. The smallest absolute Gasteiger partial charge is 0.744 e. The van der Waals surface area contributed by atoms with Crippen molar-refractivity contribution in [3.05, 3.63) is 96.1 Å². The van der Waals surface area contributed by atoms with Gasteiger partial charge < -0.3 is 18.6 Å². The van der Waals surface area contributed by atoms with Crippen LogP contribution in [-0.2, 0) is 53.3 Å². The van der Waals surface area contributed by atoms with Gasteiger partial charge in [-0.2, -0.15) is 16.8 Å². The van der Waals surface area contributed by atoms with E-state index in [-0.39, 0.29) is 82.1 Å². The van der Waals surface area contributed by atoms with Crippen molar-refractivity contribution in [2.24, 2.45) is 0 Å². The Morgan fingerprint density at radius 1 is 0.382 bits per heavy atom. The van der Waals surface area contributed by atoms with Crippen molar-refractivity contribution in [3.8, 4) is 23.0 Å². The van der Waals surface area contributed by atoms with Crippen LogP contribution < -0.4 is 68.6 Å². The molecule has 0 unspecified atom stereocenters. The quantitative estimate of drug-likeness (QED) is 0.0336. The first-order valence-corrected chi connectivity index (χ1v) is 28.6. The third-order valence-electron chi connectivity index (χ3n) is 10.9. The Bertz CT molecular complexity index is 2380. The number of rotatable bonds is 30. The molecule has 0 aliphatic carbocycles. The number of hydrogen-bond acceptors (Lipinski definition) is 12. The van der Waals surface area contributed by atoms with Gasteiger partial charge in [-0.05, 0) is 73.2 Å². The number of benzene rings is 4. The zero-order chi connectivity index (χ0) is 48.6. The topological polar surface area (TPSA) is 242 Å². The molecule has 0 bridgehead atoms. The van der Waals surface area contributed by atoms with Crippen molar-refractivity contribution in [2.75, 3.05) is 0 Å². The van der Waals surface area contributed by atoms with E-state index in [4.69, 9.17) is 9.47 Å². The van der Waals surface area contributed by atoms with Gasteiger partial charge in [0.15, 0.2) is 0 Å². The van der Waals surface area contributed by atoms with E-state index in [0.29, 0.717) is 24.0 Å². The number of aryl methyl sites for hydroxylation is 2. The minimum absolute atomic E-state index is 0. The minimum atomic E-state index is -4.86. The van der Waals surface area contributed by atoms with Crippen molar-refractivity contribution in [1.82, 2.24) is 0 Å². The molecule has 4 aromatic rings. The van der Waals surface area contributed by atoms with E-state index in [9.17, 15) is 51.9 Å². The van der Waals surface area contributed by atoms with Gasteiger partial charge >= 0.3 is 59.1 Å². The van der Waals surface area contributed by atoms with Crippen LogP contribution in [-0.4, -0.2) is 51.9 Å². The third-order valence-corrected chi connectivity index (χ3v) is 14.4. The summed E-state index contributed by atoms with van der Waals surface area (Å²) in [7, 11) is -18.9. The molecule has 2 N–H and O–H groups in total. The maximum atomic E-state index is 11.8. The van der Waals surface area contributed by atoms with Gasteiger partial charge in [0.1, 0.15) is 53.0 Å². The molecule has 0 atom stereocenters. The van der Waals surface area contributed by atoms with Crippen LogP contribution in [0.4, 0.5) is 0 Å². The van der Waals surface area contributed by atoms with Crippen LogP contribution in [0.25, 0.3) is 0 Å². The second-order valence-electron chi connectivity index (χ2n) is 16.3. The standard InChI is InChI=1S/2C24H34O7S2.2Na/c2*1-2-3-4-5-6-7-8-9-10-11-15-20-16-14-19-23(33(28,29)30)24(20)31-21-17-12-13-18-22(21)32(25,26)27;;/h2*12-14,16-19H,2-11,15H2,1H3,(H,25,26,27)(H,28,29,30);;/q;;2*+1/p-2. The Hall–Kier alpha value is -1.88. The molecule has 0 amide bonds. The molecule has 0 heterocycles. The summed E-state index contributed by atoms with van der Waals surface area (Å²) in [4.78, 5) is -2.13. The van der Waals surface area contributed by atoms with Gasteiger partial charge in [0.05, 0.1) is 9.79 Å². The molecule has 0 aliphatic rings. The summed E-state index contributed by atoms with van der Waals surface area (Å²) < 4.78 is 148. The van der Waals surface area contributed by atoms with Crippen LogP contribution in [0.1, 0.15) is 153 Å². The van der Waals surface area contributed by atoms with E-state index in [0.717, 1.165) is 75.6 Å². The summed E-state index contributed by atoms with van der Waals surface area (Å²) in [6.07, 6.45) is 23.9. The normalized spacial score (nSPS) is 11.7. The first kappa shape index (κ1) is 64.1. The van der Waals surface area contributed by atoms with Crippen LogP contribution in [0.2, 0.25) is 0 Å². The fraction of sp³-hybridized carbons (Fsp3) is 0.500. The summed E-state index contributed by atoms with van der Waals surface area (Å²) in [6, 6.07) is 19.2. The summed E-state index contributed by atoms with van der Waals surface area (Å²) in [5, 5.41) is 0. The van der Waals surface area contributed by atoms with Crippen molar-refractivity contribution in [3.63, 3.8) is 0 Å². The van der Waals surface area contributed by atoms with Crippen LogP contribution >= 0.6 is 0 Å². The van der Waals surface area contributed by atoms with E-state index < -0.39 is 60.1 Å². The molecule has 14 nitrogen and oxygen atoms in total. The van der Waals surface area contributed by atoms with E-state index in [2.05, 4.69) is 13.8 Å². The van der Waals surface area contributed by atoms with Gasteiger partial charge in [-0.15, -0.1) is 0 Å². The SMILES string of the molecule is CCCCCCCCCCCCc1cccc(S(=O)(=O)[O-])c1Oc1ccccc1S(=O)(=O)O.CCCCCCCCCCCCc1cccc(S(=O)(=O)[O-])c1Oc1ccccc1S(=O)(=O)O.[Na+].[Na+]. The van der Waals surface area contributed by atoms with E-state index in [1.807, 2.05) is 0 Å². The monoisotopic (exact) mass is 1040 g/mol. The number of unbranched alkanes of at least 4 members (excludes halogenated alkanes) is 18. The molecular weight excluding hydrogens is 975 g/mol. The molecule has 0 aliphatic heterocycles. The van der Waals surface area contributed by atoms with Gasteiger partial charge in [0.2, 0.25) is 0 Å². The van der Waals surface area contributed by atoms with Gasteiger partial charge in [-0.25, -0.2) is 16.8 Å². The van der Waals surface area contributed by atoms with E-state index in [1.165, 1.54) is 126 Å². The average molecular weight is 1040 g/mol. The molecule has 0 spiro atoms. The first-order chi connectivity index (χ1) is 31.3. The zero-order valence-corrected chi connectivity index (χ0v) is 47.3. The predicted molar refractivity (Wildman–Crippen MR) is 253 cm³/mol. The Morgan fingerprint density at radius 3 is 0.926 bits per heavy atom. The fourth-order valence-corrected chi connectivity index (χ4v) is 9.98. The molecule has 368 valence electrons. The van der Waals surface area contributed by atoms with E-state index >= 15 is 0 Å². The van der Waals surface area contributed by atoms with Crippen LogP contribution in [0.3, 0.4) is 0 Å². The number of hydrogen-bond donors (Lipinski definition) is 2. The Balaban J connectivity index is 0.000000661. The van der Waals surface area contributed by atoms with Gasteiger partial charge in [0.25, 0.3) is 20.2 Å². The van der Waals surface area contributed by atoms with Gasteiger partial charge in [0, 0.05) is 0 Å². The van der Waals surface area contributed by atoms with Crippen LogP contribution in [0.15, 0.2) is 105 Å². The molecular formula is C48H66Na2O14S4. The Kier molecular flexibility index (Phi) is 31.1. The van der Waals surface area contributed by atoms with Crippen molar-refractivity contribution < 1.29 is 120 Å².